The summed E-state index contributed by atoms with van der Waals surface area (Å²) in [5.74, 6) is -9.51. The van der Waals surface area contributed by atoms with Crippen LogP contribution in [0.3, 0.4) is 0 Å². The highest BCUT2D eigenvalue weighted by Crippen LogP contribution is 2.55. The molecule has 0 aliphatic carbocycles. The van der Waals surface area contributed by atoms with Crippen LogP contribution in [0, 0.1) is 5.92 Å². The average molecular weight is 2030 g/mol. The third kappa shape index (κ3) is 58.6. The molecule has 8 N–H and O–H groups in total. The standard InChI is InChI=1S/C47H75N3O15.C22H32N2O9.C12H12F2O5P4.C12H14O5/c1-14-15-20-61-35-26-33(42(57)48-18-23-59-21-16-36(51)32(28-38(53)62-44(2,3)4)29-39(54)63-45(5,6)7)25-34(27-35)43(58)49-19-24-60-22-17-37(52)50(30-40(55)64-46(8,9)10)31-41(56)65-47(11,12)13;1-2-3-8-33-18-14-16(21(29)23-6-11-31-9-4-19(25)26)13-17(15-18)22(30)24-7-12-32-10-5-20(27)28;1-2-3-4-19-10-6-8(11(15)22(13)20-17)5-9(7-10)12(16)23(14)21-18;1-2-3-4-17-10-6-8(11(13)14)5-9(7-10)12(15)16/h25-27,32H,14-24,28-31H2,1-13H3,(H,48,57)(H,49,58);13-15H,2-12H2,1H3,(H,23,29)(H,24,30)(H,25,26)(H,27,28);5-7H,2-4H2,1H3;5-7H,2-4H2,1H3,(H,13,14)(H,15,16). The summed E-state index contributed by atoms with van der Waals surface area (Å²) in [6.07, 6.45) is 5.64. The molecule has 0 saturated heterocycles. The van der Waals surface area contributed by atoms with Gasteiger partial charge in [0.25, 0.3) is 39.5 Å². The van der Waals surface area contributed by atoms with Gasteiger partial charge in [-0.15, -0.1) is 0 Å². The van der Waals surface area contributed by atoms with Crippen LogP contribution in [0.25, 0.3) is 0 Å². The fourth-order valence-corrected chi connectivity index (χ4v) is 12.9. The number of hydrogen-bond acceptors (Lipinski definition) is 30. The van der Waals surface area contributed by atoms with E-state index >= 15 is 0 Å². The van der Waals surface area contributed by atoms with E-state index in [0.29, 0.717) is 44.3 Å². The molecule has 0 radical (unpaired) electrons. The number of rotatable bonds is 61. The number of aromatic carboxylic acids is 2. The molecule has 39 nitrogen and oxygen atoms in total. The van der Waals surface area contributed by atoms with Crippen molar-refractivity contribution in [2.45, 2.75) is 223 Å². The molecular formula is C93H133F2N5O34P4. The van der Waals surface area contributed by atoms with Crippen molar-refractivity contribution >= 4 is 126 Å². The van der Waals surface area contributed by atoms with Gasteiger partial charge in [-0.25, -0.2) is 18.0 Å². The van der Waals surface area contributed by atoms with Crippen molar-refractivity contribution in [3.8, 4) is 23.0 Å². The summed E-state index contributed by atoms with van der Waals surface area (Å²) in [4.78, 5) is 195. The Hall–Kier alpha value is -11.0. The lowest BCUT2D eigenvalue weighted by atomic mass is 9.94. The monoisotopic (exact) mass is 2030 g/mol. The Morgan fingerprint density at radius 1 is 0.341 bits per heavy atom. The van der Waals surface area contributed by atoms with Gasteiger partial charge in [-0.1, -0.05) is 53.4 Å². The highest BCUT2D eigenvalue weighted by molar-refractivity contribution is 8.22. The number of ketones is 1. The number of nitrogens with zero attached hydrogens (tertiary/aromatic N) is 1. The maximum absolute atomic E-state index is 13.4. The van der Waals surface area contributed by atoms with Gasteiger partial charge in [0.1, 0.15) is 64.3 Å². The highest BCUT2D eigenvalue weighted by Gasteiger charge is 2.33. The number of carbonyl (C=O) groups excluding carboxylic acids is 12. The number of aliphatic carboxylic acids is 2. The van der Waals surface area contributed by atoms with E-state index in [2.05, 4.69) is 21.3 Å². The minimum atomic E-state index is -2.94. The number of benzene rings is 4. The predicted octanol–water partition coefficient (Wildman–Crippen LogP) is 15.2. The molecular weight excluding hydrogens is 1890 g/mol. The zero-order chi connectivity index (χ0) is 104. The molecule has 0 aliphatic rings. The number of nitrogens with one attached hydrogen (secondary N) is 4. The zero-order valence-corrected chi connectivity index (χ0v) is 84.7. The maximum Gasteiger partial charge on any atom is 0.335 e. The van der Waals surface area contributed by atoms with Crippen molar-refractivity contribution in [3.05, 3.63) is 117 Å². The van der Waals surface area contributed by atoms with Crippen molar-refractivity contribution in [2.24, 2.45) is 5.92 Å². The topological polar surface area (TPSA) is 550 Å². The Labute approximate surface area is 807 Å². The second-order valence-electron chi connectivity index (χ2n) is 34.1. The molecule has 0 aliphatic heterocycles. The van der Waals surface area contributed by atoms with Crippen molar-refractivity contribution < 1.29 is 172 Å². The molecule has 0 saturated carbocycles. The first kappa shape index (κ1) is 125. The summed E-state index contributed by atoms with van der Waals surface area (Å²) >= 11 is 0. The quantitative estimate of drug-likeness (QED) is 0.00881. The first-order valence-corrected chi connectivity index (χ1v) is 50.1. The number of ether oxygens (including phenoxy) is 12. The van der Waals surface area contributed by atoms with Crippen LogP contribution < -0.4 is 40.2 Å². The third-order valence-electron chi connectivity index (χ3n) is 17.2. The van der Waals surface area contributed by atoms with E-state index in [0.717, 1.165) is 62.0 Å². The van der Waals surface area contributed by atoms with Gasteiger partial charge in [0.15, 0.2) is 0 Å². The van der Waals surface area contributed by atoms with Crippen LogP contribution in [0.5, 0.6) is 23.0 Å². The summed E-state index contributed by atoms with van der Waals surface area (Å²) in [5.41, 5.74) is -5.08. The summed E-state index contributed by atoms with van der Waals surface area (Å²) < 4.78 is 113. The van der Waals surface area contributed by atoms with Gasteiger partial charge in [-0.2, -0.15) is 0 Å². The van der Waals surface area contributed by atoms with Crippen LogP contribution >= 0.6 is 32.1 Å². The second kappa shape index (κ2) is 67.3. The lowest BCUT2D eigenvalue weighted by Crippen LogP contribution is -2.43. The van der Waals surface area contributed by atoms with Gasteiger partial charge < -0.3 is 103 Å². The van der Waals surface area contributed by atoms with Crippen molar-refractivity contribution in [3.63, 3.8) is 0 Å². The van der Waals surface area contributed by atoms with Gasteiger partial charge in [-0.05, 0) is 182 Å². The molecule has 0 spiro atoms. The first-order chi connectivity index (χ1) is 64.8. The fraction of sp³-hybridized carbons (Fsp3) is 0.570. The number of esters is 4. The Kier molecular flexibility index (Phi) is 60.9. The summed E-state index contributed by atoms with van der Waals surface area (Å²) in [6.45, 7) is 29.8. The molecule has 5 amide bonds. The number of amides is 5. The zero-order valence-electron chi connectivity index (χ0n) is 81.2. The lowest BCUT2D eigenvalue weighted by Gasteiger charge is -2.26. The van der Waals surface area contributed by atoms with Gasteiger partial charge in [0.05, 0.1) is 123 Å². The third-order valence-corrected chi connectivity index (χ3v) is 20.6. The normalized spacial score (nSPS) is 11.6. The Morgan fingerprint density at radius 3 is 0.848 bits per heavy atom. The number of unbranched alkanes of at least 4 members (excludes halogenated alkanes) is 4. The number of carboxylic acid groups (broad SMARTS) is 4. The van der Waals surface area contributed by atoms with Gasteiger partial charge in [0.2, 0.25) is 33.3 Å². The first-order valence-electron chi connectivity index (χ1n) is 44.6. The molecule has 768 valence electrons. The fourth-order valence-electron chi connectivity index (χ4n) is 10.9. The van der Waals surface area contributed by atoms with Crippen molar-refractivity contribution in [2.75, 3.05) is 119 Å². The van der Waals surface area contributed by atoms with Crippen LogP contribution in [0.2, 0.25) is 0 Å². The molecule has 0 fully saturated rings. The molecule has 2 unspecified atom stereocenters. The van der Waals surface area contributed by atoms with E-state index in [1.165, 1.54) is 48.5 Å². The smallest absolute Gasteiger partial charge is 0.335 e. The predicted molar refractivity (Wildman–Crippen MR) is 505 cm³/mol. The van der Waals surface area contributed by atoms with Gasteiger partial charge in [0, 0.05) is 71.9 Å². The summed E-state index contributed by atoms with van der Waals surface area (Å²) in [6, 6.07) is 16.2. The van der Waals surface area contributed by atoms with Crippen LogP contribution in [0.4, 0.5) is 8.39 Å². The number of carboxylic acids is 4. The molecule has 4 aromatic rings. The molecule has 2 atom stereocenters. The van der Waals surface area contributed by atoms with E-state index in [1.54, 1.807) is 95.2 Å². The molecule has 0 aromatic heterocycles. The van der Waals surface area contributed by atoms with Gasteiger partial charge in [-0.3, -0.25) is 76.3 Å². The lowest BCUT2D eigenvalue weighted by molar-refractivity contribution is -0.164. The Bertz CT molecular complexity index is 4340. The molecule has 45 heteroatoms. The Morgan fingerprint density at radius 2 is 0.587 bits per heavy atom. The molecule has 4 rings (SSSR count). The molecule has 0 heterocycles. The SMILES string of the molecule is CCCCOc1cc(C(=O)NCCOCCC(=O)C(CC(=O)OC(C)(C)C)CC(=O)OC(C)(C)C)cc(C(=O)NCCOCCC(=O)N(CC(=O)OC(C)(C)C)CC(=O)OC(C)(C)C)c1.CCCCOc1cc(C(=O)NCCOCCC(=O)O)cc(C(=O)NCCOCCC(=O)O)c1.CCCCOc1cc(C(=O)O)cc(C(=O)O)c1.CCCCOc1cc(C(=O)P(F)P=O)cc(C(=O)P(F)P=O)c1. The van der Waals surface area contributed by atoms with Crippen LogP contribution in [0.1, 0.15) is 284 Å². The van der Waals surface area contributed by atoms with Crippen molar-refractivity contribution in [1.82, 2.24) is 26.2 Å². The maximum atomic E-state index is 13.4. The van der Waals surface area contributed by atoms with Gasteiger partial charge >= 0.3 is 47.8 Å². The molecule has 138 heavy (non-hydrogen) atoms. The van der Waals surface area contributed by atoms with E-state index in [-0.39, 0.29) is 179 Å². The van der Waals surface area contributed by atoms with Crippen LogP contribution in [-0.4, -0.2) is 260 Å². The summed E-state index contributed by atoms with van der Waals surface area (Å²) in [5, 5.41) is 45.6. The summed E-state index contributed by atoms with van der Waals surface area (Å²) in [7, 11) is -7.77. The van der Waals surface area contributed by atoms with E-state index in [1.807, 2.05) is 27.7 Å². The average Bonchev–Trinajstić information content (AvgIpc) is 0.782. The minimum Gasteiger partial charge on any atom is -0.494 e. The molecule has 4 aromatic carbocycles. The number of halogens is 2. The minimum absolute atomic E-state index is 0.0247. The number of Topliss-reactive ketones (excluding diaryl/α,β-unsaturated/α-hetero) is 1. The van der Waals surface area contributed by atoms with E-state index in [9.17, 15) is 94.2 Å². The highest BCUT2D eigenvalue weighted by atomic mass is 32.1. The van der Waals surface area contributed by atoms with Crippen LogP contribution in [-0.2, 0) is 85.4 Å². The number of carbonyl (C=O) groups is 16. The van der Waals surface area contributed by atoms with Crippen LogP contribution in [0.15, 0.2) is 72.8 Å². The number of hydrogen-bond donors (Lipinski definition) is 8. The van der Waals surface area contributed by atoms with Crippen molar-refractivity contribution in [1.29, 1.82) is 0 Å². The second-order valence-corrected chi connectivity index (χ2v) is 39.4. The Balaban J connectivity index is 0.00000107. The van der Waals surface area contributed by atoms with E-state index < -0.39 is 162 Å². The largest absolute Gasteiger partial charge is 0.494 e. The van der Waals surface area contributed by atoms with E-state index in [4.69, 9.17) is 77.3 Å². The molecule has 0 bridgehead atoms.